The predicted octanol–water partition coefficient (Wildman–Crippen LogP) is -0.446. The van der Waals surface area contributed by atoms with E-state index in [9.17, 15) is 4.79 Å². The highest BCUT2D eigenvalue weighted by Gasteiger charge is 2.19. The molecule has 0 aromatic carbocycles. The molecule has 0 radical (unpaired) electrons. The lowest BCUT2D eigenvalue weighted by Gasteiger charge is -2.02. The van der Waals surface area contributed by atoms with Crippen LogP contribution in [0.5, 0.6) is 0 Å². The molecule has 1 N–H and O–H groups in total. The number of aromatic nitrogens is 5. The molecule has 2 aromatic rings. The van der Waals surface area contributed by atoms with E-state index in [-0.39, 0.29) is 18.8 Å². The van der Waals surface area contributed by atoms with E-state index in [0.29, 0.717) is 11.6 Å². The Labute approximate surface area is 95.0 Å². The van der Waals surface area contributed by atoms with Gasteiger partial charge in [0.25, 0.3) is 0 Å². The summed E-state index contributed by atoms with van der Waals surface area (Å²) in [6.45, 7) is 0.238. The van der Waals surface area contributed by atoms with Gasteiger partial charge >= 0.3 is 5.97 Å². The molecular weight excluding hydrogens is 230 g/mol. The molecule has 2 aromatic heterocycles. The van der Waals surface area contributed by atoms with E-state index in [1.807, 2.05) is 0 Å². The number of carbonyl (C=O) groups is 1. The molecule has 2 heterocycles. The number of carboxylic acids is 1. The minimum atomic E-state index is -1.16. The Balaban J connectivity index is 2.30. The smallest absolute Gasteiger partial charge is 0.358 e. The maximum absolute atomic E-state index is 10.9. The third-order valence-corrected chi connectivity index (χ3v) is 2.01. The largest absolute Gasteiger partial charge is 0.476 e. The number of nitrogens with zero attached hydrogens (tertiary/aromatic N) is 5. The highest BCUT2D eigenvalue weighted by atomic mass is 16.5. The fraction of sp³-hybridized carbons (Fsp3) is 0.375. The molecular formula is C8H9N5O4. The van der Waals surface area contributed by atoms with Gasteiger partial charge in [0, 0.05) is 7.11 Å². The highest BCUT2D eigenvalue weighted by Crippen LogP contribution is 2.08. The summed E-state index contributed by atoms with van der Waals surface area (Å²) in [5.74, 6) is -0.849. The normalized spacial score (nSPS) is 10.6. The van der Waals surface area contributed by atoms with E-state index in [1.165, 1.54) is 18.1 Å². The molecule has 0 aliphatic carbocycles. The molecule has 0 amide bonds. The van der Waals surface area contributed by atoms with Crippen molar-refractivity contribution in [2.45, 2.75) is 13.2 Å². The minimum absolute atomic E-state index is 0.0861. The first-order valence-electron chi connectivity index (χ1n) is 4.62. The zero-order valence-electron chi connectivity index (χ0n) is 8.90. The first-order chi connectivity index (χ1) is 8.22. The van der Waals surface area contributed by atoms with E-state index in [0.717, 1.165) is 0 Å². The fourth-order valence-corrected chi connectivity index (χ4v) is 1.30. The van der Waals surface area contributed by atoms with Crippen LogP contribution in [-0.4, -0.2) is 43.3 Å². The van der Waals surface area contributed by atoms with E-state index >= 15 is 0 Å². The molecule has 17 heavy (non-hydrogen) atoms. The summed E-state index contributed by atoms with van der Waals surface area (Å²) in [6.07, 6.45) is 1.25. The Kier molecular flexibility index (Phi) is 3.10. The van der Waals surface area contributed by atoms with Gasteiger partial charge in [-0.2, -0.15) is 4.98 Å². The number of ether oxygens (including phenoxy) is 1. The average Bonchev–Trinajstić information content (AvgIpc) is 2.90. The SMILES string of the molecule is COCc1c(C(=O)O)nnn1Cc1ncno1. The second kappa shape index (κ2) is 4.70. The monoisotopic (exact) mass is 239 g/mol. The van der Waals surface area contributed by atoms with Gasteiger partial charge in [-0.1, -0.05) is 10.4 Å². The van der Waals surface area contributed by atoms with Gasteiger partial charge < -0.3 is 14.4 Å². The molecule has 0 unspecified atom stereocenters. The van der Waals surface area contributed by atoms with Gasteiger partial charge in [-0.25, -0.2) is 9.48 Å². The van der Waals surface area contributed by atoms with Crippen molar-refractivity contribution in [1.29, 1.82) is 0 Å². The van der Waals surface area contributed by atoms with Crippen LogP contribution in [0.25, 0.3) is 0 Å². The number of carboxylic acid groups (broad SMARTS) is 1. The number of hydrogen-bond acceptors (Lipinski definition) is 7. The maximum Gasteiger partial charge on any atom is 0.358 e. The molecule has 2 rings (SSSR count). The molecule has 9 heteroatoms. The average molecular weight is 239 g/mol. The van der Waals surface area contributed by atoms with E-state index in [4.69, 9.17) is 14.4 Å². The van der Waals surface area contributed by atoms with Gasteiger partial charge in [-0.3, -0.25) is 0 Å². The van der Waals surface area contributed by atoms with Crippen molar-refractivity contribution in [3.8, 4) is 0 Å². The van der Waals surface area contributed by atoms with Gasteiger partial charge in [0.2, 0.25) is 5.89 Å². The van der Waals surface area contributed by atoms with Gasteiger partial charge in [-0.15, -0.1) is 5.10 Å². The Hall–Kier alpha value is -2.29. The first-order valence-corrected chi connectivity index (χ1v) is 4.62. The Morgan fingerprint density at radius 2 is 2.47 bits per heavy atom. The third-order valence-electron chi connectivity index (χ3n) is 2.01. The fourth-order valence-electron chi connectivity index (χ4n) is 1.30. The second-order valence-corrected chi connectivity index (χ2v) is 3.12. The second-order valence-electron chi connectivity index (χ2n) is 3.12. The topological polar surface area (TPSA) is 116 Å². The van der Waals surface area contributed by atoms with E-state index < -0.39 is 5.97 Å². The number of methoxy groups -OCH3 is 1. The summed E-state index contributed by atoms with van der Waals surface area (Å²) < 4.78 is 11.1. The lowest BCUT2D eigenvalue weighted by molar-refractivity contribution is 0.0684. The van der Waals surface area contributed by atoms with Crippen molar-refractivity contribution in [1.82, 2.24) is 25.1 Å². The van der Waals surface area contributed by atoms with Crippen LogP contribution < -0.4 is 0 Å². The number of aromatic carboxylic acids is 1. The number of rotatable bonds is 5. The molecule has 0 aliphatic rings. The molecule has 0 saturated heterocycles. The summed E-state index contributed by atoms with van der Waals surface area (Å²) in [7, 11) is 1.45. The molecule has 0 spiro atoms. The van der Waals surface area contributed by atoms with Crippen LogP contribution >= 0.6 is 0 Å². The third kappa shape index (κ3) is 2.28. The standard InChI is InChI=1S/C8H9N5O4/c1-16-3-5-7(8(14)15)11-12-13(5)2-6-9-4-10-17-6/h4H,2-3H2,1H3,(H,14,15). The molecule has 0 bridgehead atoms. The lowest BCUT2D eigenvalue weighted by Crippen LogP contribution is -2.10. The van der Waals surface area contributed by atoms with Crippen molar-refractivity contribution in [2.24, 2.45) is 0 Å². The Morgan fingerprint density at radius 3 is 3.06 bits per heavy atom. The van der Waals surface area contributed by atoms with Crippen molar-refractivity contribution in [2.75, 3.05) is 7.11 Å². The van der Waals surface area contributed by atoms with E-state index in [2.05, 4.69) is 20.5 Å². The van der Waals surface area contributed by atoms with Gasteiger partial charge in [0.05, 0.1) is 12.3 Å². The van der Waals surface area contributed by atoms with Crippen LogP contribution in [-0.2, 0) is 17.9 Å². The van der Waals surface area contributed by atoms with Crippen LogP contribution in [0.3, 0.4) is 0 Å². The van der Waals surface area contributed by atoms with Gasteiger partial charge in [0.15, 0.2) is 12.0 Å². The predicted molar refractivity (Wildman–Crippen MR) is 51.1 cm³/mol. The quantitative estimate of drug-likeness (QED) is 0.745. The molecule has 90 valence electrons. The molecule has 0 atom stereocenters. The summed E-state index contributed by atoms with van der Waals surface area (Å²) in [5, 5.41) is 19.6. The van der Waals surface area contributed by atoms with Crippen LogP contribution in [0.15, 0.2) is 10.9 Å². The molecule has 0 fully saturated rings. The molecule has 9 nitrogen and oxygen atoms in total. The highest BCUT2D eigenvalue weighted by molar-refractivity contribution is 5.86. The van der Waals surface area contributed by atoms with Crippen molar-refractivity contribution in [3.63, 3.8) is 0 Å². The zero-order valence-corrected chi connectivity index (χ0v) is 8.90. The summed E-state index contributed by atoms with van der Waals surface area (Å²) in [6, 6.07) is 0. The minimum Gasteiger partial charge on any atom is -0.476 e. The Morgan fingerprint density at radius 1 is 1.65 bits per heavy atom. The van der Waals surface area contributed by atoms with Gasteiger partial charge in [-0.05, 0) is 0 Å². The van der Waals surface area contributed by atoms with Crippen LogP contribution in [0.2, 0.25) is 0 Å². The van der Waals surface area contributed by atoms with Gasteiger partial charge in [0.1, 0.15) is 6.54 Å². The van der Waals surface area contributed by atoms with Crippen molar-refractivity contribution >= 4 is 5.97 Å². The zero-order chi connectivity index (χ0) is 12.3. The first kappa shape index (κ1) is 11.2. The molecule has 0 saturated carbocycles. The lowest BCUT2D eigenvalue weighted by atomic mass is 10.3. The summed E-state index contributed by atoms with van der Waals surface area (Å²) in [4.78, 5) is 14.7. The number of hydrogen-bond donors (Lipinski definition) is 1. The van der Waals surface area contributed by atoms with Crippen molar-refractivity contribution in [3.05, 3.63) is 23.6 Å². The Bertz CT molecular complexity index is 506. The van der Waals surface area contributed by atoms with Crippen LogP contribution in [0, 0.1) is 0 Å². The van der Waals surface area contributed by atoms with Crippen molar-refractivity contribution < 1.29 is 19.2 Å². The van der Waals surface area contributed by atoms with Crippen LogP contribution in [0.1, 0.15) is 22.1 Å². The van der Waals surface area contributed by atoms with E-state index in [1.54, 1.807) is 0 Å². The summed E-state index contributed by atoms with van der Waals surface area (Å²) in [5.41, 5.74) is 0.199. The van der Waals surface area contributed by atoms with Crippen LogP contribution in [0.4, 0.5) is 0 Å². The maximum atomic E-state index is 10.9. The summed E-state index contributed by atoms with van der Waals surface area (Å²) >= 11 is 0. The molecule has 0 aliphatic heterocycles.